The van der Waals surface area contributed by atoms with Crippen LogP contribution in [-0.2, 0) is 0 Å². The van der Waals surface area contributed by atoms with Gasteiger partial charge in [0.25, 0.3) is 0 Å². The highest BCUT2D eigenvalue weighted by Crippen LogP contribution is 2.26. The van der Waals surface area contributed by atoms with Crippen LogP contribution in [-0.4, -0.2) is 47.8 Å². The van der Waals surface area contributed by atoms with Gasteiger partial charge >= 0.3 is 6.03 Å². The van der Waals surface area contributed by atoms with Gasteiger partial charge in [0.05, 0.1) is 6.10 Å². The van der Waals surface area contributed by atoms with Crippen LogP contribution in [0.4, 0.5) is 4.79 Å². The predicted molar refractivity (Wildman–Crippen MR) is 94.9 cm³/mol. The number of nitrogens with zero attached hydrogens (tertiary/aromatic N) is 1. The van der Waals surface area contributed by atoms with Crippen LogP contribution in [0.15, 0.2) is 24.3 Å². The Morgan fingerprint density at radius 1 is 1.25 bits per heavy atom. The molecule has 2 atom stereocenters. The van der Waals surface area contributed by atoms with Gasteiger partial charge in [-0.1, -0.05) is 42.7 Å². The molecule has 0 unspecified atom stereocenters. The second-order valence-corrected chi connectivity index (χ2v) is 7.20. The minimum absolute atomic E-state index is 0.181. The molecule has 1 aliphatic heterocycles. The normalized spacial score (nSPS) is 23.3. The molecule has 1 heterocycles. The van der Waals surface area contributed by atoms with Crippen molar-refractivity contribution in [3.05, 3.63) is 35.4 Å². The fourth-order valence-electron chi connectivity index (χ4n) is 3.84. The first-order valence-electron chi connectivity index (χ1n) is 9.15. The maximum absolute atomic E-state index is 12.1. The summed E-state index contributed by atoms with van der Waals surface area (Å²) in [6.45, 7) is 4.28. The van der Waals surface area contributed by atoms with Crippen LogP contribution in [0.25, 0.3) is 0 Å². The highest BCUT2D eigenvalue weighted by Gasteiger charge is 2.30. The van der Waals surface area contributed by atoms with E-state index in [0.717, 1.165) is 36.7 Å². The first kappa shape index (κ1) is 17.2. The molecule has 5 nitrogen and oxygen atoms in total. The quantitative estimate of drug-likeness (QED) is 0.776. The summed E-state index contributed by atoms with van der Waals surface area (Å²) in [5.74, 6) is 0. The molecule has 3 N–H and O–H groups in total. The molecule has 3 rings (SSSR count). The van der Waals surface area contributed by atoms with Crippen molar-refractivity contribution >= 4 is 6.03 Å². The lowest BCUT2D eigenvalue weighted by molar-refractivity contribution is 0.172. The van der Waals surface area contributed by atoms with Gasteiger partial charge in [0.1, 0.15) is 0 Å². The number of benzene rings is 1. The summed E-state index contributed by atoms with van der Waals surface area (Å²) in [4.78, 5) is 14.6. The van der Waals surface area contributed by atoms with Crippen molar-refractivity contribution in [2.24, 2.45) is 0 Å². The third-order valence-electron chi connectivity index (χ3n) is 5.31. The summed E-state index contributed by atoms with van der Waals surface area (Å²) in [7, 11) is 0. The van der Waals surface area contributed by atoms with Gasteiger partial charge in [-0.3, -0.25) is 4.90 Å². The molecule has 2 aliphatic rings. The van der Waals surface area contributed by atoms with E-state index in [4.69, 9.17) is 0 Å². The van der Waals surface area contributed by atoms with Crippen LogP contribution in [0.5, 0.6) is 0 Å². The van der Waals surface area contributed by atoms with Gasteiger partial charge in [-0.05, 0) is 31.7 Å². The SMILES string of the molecule is Cc1ccc([C@@H](O)CNC(=O)N[C@H]2CCN(C3CCCC3)C2)cc1. The Kier molecular flexibility index (Phi) is 5.74. The average molecular weight is 331 g/mol. The molecule has 24 heavy (non-hydrogen) atoms. The molecule has 0 bridgehead atoms. The Hall–Kier alpha value is -1.59. The maximum atomic E-state index is 12.1. The molecule has 0 aromatic heterocycles. The number of hydrogen-bond donors (Lipinski definition) is 3. The zero-order valence-electron chi connectivity index (χ0n) is 14.5. The van der Waals surface area contributed by atoms with Crippen molar-refractivity contribution in [1.82, 2.24) is 15.5 Å². The van der Waals surface area contributed by atoms with Crippen molar-refractivity contribution in [1.29, 1.82) is 0 Å². The van der Waals surface area contributed by atoms with E-state index in [1.165, 1.54) is 25.7 Å². The van der Waals surface area contributed by atoms with E-state index < -0.39 is 6.10 Å². The van der Waals surface area contributed by atoms with E-state index >= 15 is 0 Å². The zero-order valence-corrected chi connectivity index (χ0v) is 14.5. The van der Waals surface area contributed by atoms with E-state index in [0.29, 0.717) is 0 Å². The Morgan fingerprint density at radius 2 is 1.96 bits per heavy atom. The van der Waals surface area contributed by atoms with Crippen molar-refractivity contribution < 1.29 is 9.90 Å². The second-order valence-electron chi connectivity index (χ2n) is 7.20. The van der Waals surface area contributed by atoms with Crippen molar-refractivity contribution in [2.75, 3.05) is 19.6 Å². The average Bonchev–Trinajstić information content (AvgIpc) is 3.24. The molecule has 1 aliphatic carbocycles. The van der Waals surface area contributed by atoms with Crippen molar-refractivity contribution in [3.8, 4) is 0 Å². The number of aliphatic hydroxyl groups is 1. The third kappa shape index (κ3) is 4.48. The largest absolute Gasteiger partial charge is 0.387 e. The Labute approximate surface area is 144 Å². The molecule has 0 spiro atoms. The van der Waals surface area contributed by atoms with E-state index in [-0.39, 0.29) is 18.6 Å². The van der Waals surface area contributed by atoms with Gasteiger partial charge in [-0.2, -0.15) is 0 Å². The summed E-state index contributed by atoms with van der Waals surface area (Å²) in [6.07, 6.45) is 5.65. The first-order chi connectivity index (χ1) is 11.6. The van der Waals surface area contributed by atoms with Crippen LogP contribution >= 0.6 is 0 Å². The van der Waals surface area contributed by atoms with Crippen LogP contribution in [0, 0.1) is 6.92 Å². The Bertz CT molecular complexity index is 540. The highest BCUT2D eigenvalue weighted by molar-refractivity contribution is 5.74. The summed E-state index contributed by atoms with van der Waals surface area (Å²) < 4.78 is 0. The minimum Gasteiger partial charge on any atom is -0.387 e. The van der Waals surface area contributed by atoms with Gasteiger partial charge in [0.2, 0.25) is 0 Å². The van der Waals surface area contributed by atoms with Crippen LogP contribution in [0.3, 0.4) is 0 Å². The third-order valence-corrected chi connectivity index (χ3v) is 5.31. The fourth-order valence-corrected chi connectivity index (χ4v) is 3.84. The molecule has 1 aromatic carbocycles. The van der Waals surface area contributed by atoms with Crippen LogP contribution in [0.2, 0.25) is 0 Å². The summed E-state index contributed by atoms with van der Waals surface area (Å²) >= 11 is 0. The number of urea groups is 1. The fraction of sp³-hybridized carbons (Fsp3) is 0.632. The summed E-state index contributed by atoms with van der Waals surface area (Å²) in [5.41, 5.74) is 1.99. The number of aryl methyl sites for hydroxylation is 1. The monoisotopic (exact) mass is 331 g/mol. The first-order valence-corrected chi connectivity index (χ1v) is 9.15. The molecule has 5 heteroatoms. The molecule has 2 amide bonds. The summed E-state index contributed by atoms with van der Waals surface area (Å²) in [5, 5.41) is 16.0. The number of likely N-dealkylation sites (tertiary alicyclic amines) is 1. The summed E-state index contributed by atoms with van der Waals surface area (Å²) in [6, 6.07) is 8.50. The van der Waals surface area contributed by atoms with Gasteiger partial charge < -0.3 is 15.7 Å². The molecular weight excluding hydrogens is 302 g/mol. The topological polar surface area (TPSA) is 64.6 Å². The number of carbonyl (C=O) groups is 1. The molecule has 1 saturated heterocycles. The van der Waals surface area contributed by atoms with Crippen LogP contribution in [0.1, 0.15) is 49.3 Å². The maximum Gasteiger partial charge on any atom is 0.315 e. The lowest BCUT2D eigenvalue weighted by Crippen LogP contribution is -2.45. The molecule has 2 fully saturated rings. The van der Waals surface area contributed by atoms with E-state index in [2.05, 4.69) is 15.5 Å². The molecule has 1 saturated carbocycles. The number of aliphatic hydroxyl groups excluding tert-OH is 1. The standard InChI is InChI=1S/C19H29N3O2/c1-14-6-8-15(9-7-14)18(23)12-20-19(24)21-16-10-11-22(13-16)17-4-2-3-5-17/h6-9,16-18,23H,2-5,10-13H2,1H3,(H2,20,21,24)/t16-,18-/m0/s1. The van der Waals surface area contributed by atoms with Gasteiger partial charge in [-0.15, -0.1) is 0 Å². The number of hydrogen-bond acceptors (Lipinski definition) is 3. The predicted octanol–water partition coefficient (Wildman–Crippen LogP) is 2.34. The number of carbonyl (C=O) groups excluding carboxylic acids is 1. The van der Waals surface area contributed by atoms with Crippen LogP contribution < -0.4 is 10.6 Å². The van der Waals surface area contributed by atoms with Crippen molar-refractivity contribution in [3.63, 3.8) is 0 Å². The van der Waals surface area contributed by atoms with E-state index in [1.807, 2.05) is 31.2 Å². The number of amides is 2. The Balaban J connectivity index is 1.39. The molecule has 1 aromatic rings. The number of nitrogens with one attached hydrogen (secondary N) is 2. The van der Waals surface area contributed by atoms with Gasteiger partial charge in [-0.25, -0.2) is 4.79 Å². The molecule has 0 radical (unpaired) electrons. The molecular formula is C19H29N3O2. The zero-order chi connectivity index (χ0) is 16.9. The highest BCUT2D eigenvalue weighted by atomic mass is 16.3. The van der Waals surface area contributed by atoms with E-state index in [9.17, 15) is 9.90 Å². The Morgan fingerprint density at radius 3 is 2.67 bits per heavy atom. The number of rotatable bonds is 5. The minimum atomic E-state index is -0.671. The second kappa shape index (κ2) is 7.99. The smallest absolute Gasteiger partial charge is 0.315 e. The van der Waals surface area contributed by atoms with Gasteiger partial charge in [0.15, 0.2) is 0 Å². The lowest BCUT2D eigenvalue weighted by atomic mass is 10.1. The molecule has 132 valence electrons. The van der Waals surface area contributed by atoms with Gasteiger partial charge in [0, 0.05) is 31.7 Å². The van der Waals surface area contributed by atoms with Crippen molar-refractivity contribution in [2.45, 2.75) is 57.2 Å². The lowest BCUT2D eigenvalue weighted by Gasteiger charge is -2.23. The van der Waals surface area contributed by atoms with E-state index in [1.54, 1.807) is 0 Å².